The van der Waals surface area contributed by atoms with Gasteiger partial charge in [0.05, 0.1) is 12.7 Å². The fraction of sp³-hybridized carbons (Fsp3) is 0.364. The zero-order chi connectivity index (χ0) is 10.6. The summed E-state index contributed by atoms with van der Waals surface area (Å²) in [6.07, 6.45) is 0. The number of carbonyl (C=O) groups is 1. The van der Waals surface area contributed by atoms with Crippen LogP contribution in [-0.2, 0) is 4.74 Å². The van der Waals surface area contributed by atoms with Gasteiger partial charge in [0.15, 0.2) is 0 Å². The maximum atomic E-state index is 11.4. The average Bonchev–Trinajstić information content (AvgIpc) is 2.16. The Morgan fingerprint density at radius 2 is 2.00 bits per heavy atom. The molecule has 3 heteroatoms. The van der Waals surface area contributed by atoms with Gasteiger partial charge < -0.3 is 4.74 Å². The lowest BCUT2D eigenvalue weighted by Gasteiger charge is -2.09. The zero-order valence-corrected chi connectivity index (χ0v) is 9.70. The van der Waals surface area contributed by atoms with E-state index >= 15 is 0 Å². The van der Waals surface area contributed by atoms with E-state index in [1.807, 2.05) is 24.3 Å². The highest BCUT2D eigenvalue weighted by Gasteiger charge is 2.11. The minimum atomic E-state index is -0.242. The first-order valence-electron chi connectivity index (χ1n) is 4.59. The lowest BCUT2D eigenvalue weighted by atomic mass is 10.2. The molecule has 0 aliphatic carbocycles. The monoisotopic (exact) mass is 210 g/mol. The van der Waals surface area contributed by atoms with Crippen LogP contribution in [0.15, 0.2) is 24.3 Å². The van der Waals surface area contributed by atoms with Gasteiger partial charge in [-0.15, -0.1) is 0 Å². The SMILES string of the molecule is COC(=O)c1ccccc1PC(C)C. The van der Waals surface area contributed by atoms with Gasteiger partial charge >= 0.3 is 5.97 Å². The number of hydrogen-bond donors (Lipinski definition) is 0. The Morgan fingerprint density at radius 3 is 2.57 bits per heavy atom. The number of methoxy groups -OCH3 is 1. The Morgan fingerprint density at radius 1 is 1.36 bits per heavy atom. The van der Waals surface area contributed by atoms with E-state index in [9.17, 15) is 4.79 Å². The van der Waals surface area contributed by atoms with Crippen LogP contribution in [0.4, 0.5) is 0 Å². The van der Waals surface area contributed by atoms with Crippen molar-refractivity contribution in [1.29, 1.82) is 0 Å². The van der Waals surface area contributed by atoms with Crippen LogP contribution in [0, 0.1) is 0 Å². The highest BCUT2D eigenvalue weighted by Crippen LogP contribution is 2.19. The molecule has 0 aliphatic rings. The van der Waals surface area contributed by atoms with Gasteiger partial charge in [0, 0.05) is 0 Å². The molecule has 0 saturated heterocycles. The number of carbonyl (C=O) groups excluding carboxylic acids is 1. The van der Waals surface area contributed by atoms with Crippen LogP contribution in [0.25, 0.3) is 0 Å². The van der Waals surface area contributed by atoms with Crippen LogP contribution in [0.2, 0.25) is 0 Å². The molecule has 0 aromatic heterocycles. The second-order valence-electron chi connectivity index (χ2n) is 3.34. The molecule has 1 unspecified atom stereocenters. The predicted octanol–water partition coefficient (Wildman–Crippen LogP) is 2.19. The molecule has 0 N–H and O–H groups in total. The third-order valence-electron chi connectivity index (χ3n) is 1.78. The molecule has 0 aliphatic heterocycles. The van der Waals surface area contributed by atoms with E-state index in [1.165, 1.54) is 7.11 Å². The first-order chi connectivity index (χ1) is 6.65. The van der Waals surface area contributed by atoms with E-state index in [1.54, 1.807) is 0 Å². The molecule has 2 nitrogen and oxygen atoms in total. The summed E-state index contributed by atoms with van der Waals surface area (Å²) in [5.74, 6) is -0.242. The summed E-state index contributed by atoms with van der Waals surface area (Å²) >= 11 is 0. The van der Waals surface area contributed by atoms with Crippen molar-refractivity contribution in [1.82, 2.24) is 0 Å². The molecule has 0 amide bonds. The van der Waals surface area contributed by atoms with Crippen LogP contribution in [0.3, 0.4) is 0 Å². The lowest BCUT2D eigenvalue weighted by molar-refractivity contribution is 0.0602. The third kappa shape index (κ3) is 2.81. The number of ether oxygens (including phenoxy) is 1. The van der Waals surface area contributed by atoms with Gasteiger partial charge in [0.2, 0.25) is 0 Å². The second kappa shape index (κ2) is 5.11. The highest BCUT2D eigenvalue weighted by molar-refractivity contribution is 7.48. The average molecular weight is 210 g/mol. The van der Waals surface area contributed by atoms with Crippen LogP contribution < -0.4 is 5.30 Å². The Labute approximate surface area is 86.4 Å². The van der Waals surface area contributed by atoms with E-state index in [0.717, 1.165) is 5.30 Å². The van der Waals surface area contributed by atoms with Crippen LogP contribution >= 0.6 is 8.58 Å². The molecule has 76 valence electrons. The molecule has 0 radical (unpaired) electrons. The Hall–Kier alpha value is -0.880. The van der Waals surface area contributed by atoms with E-state index in [0.29, 0.717) is 19.8 Å². The van der Waals surface area contributed by atoms with E-state index in [2.05, 4.69) is 13.8 Å². The van der Waals surface area contributed by atoms with Crippen molar-refractivity contribution in [3.05, 3.63) is 29.8 Å². The van der Waals surface area contributed by atoms with E-state index in [4.69, 9.17) is 4.74 Å². The van der Waals surface area contributed by atoms with Gasteiger partial charge in [-0.2, -0.15) is 0 Å². The van der Waals surface area contributed by atoms with Gasteiger partial charge in [-0.05, 0) is 17.0 Å². The first-order valence-corrected chi connectivity index (χ1v) is 5.66. The van der Waals surface area contributed by atoms with Gasteiger partial charge in [-0.1, -0.05) is 40.6 Å². The van der Waals surface area contributed by atoms with Gasteiger partial charge in [0.25, 0.3) is 0 Å². The van der Waals surface area contributed by atoms with Gasteiger partial charge in [-0.25, -0.2) is 4.79 Å². The summed E-state index contributed by atoms with van der Waals surface area (Å²) in [6, 6.07) is 7.62. The summed E-state index contributed by atoms with van der Waals surface area (Å²) in [5, 5.41) is 1.09. The lowest BCUT2D eigenvalue weighted by Crippen LogP contribution is -2.13. The summed E-state index contributed by atoms with van der Waals surface area (Å²) in [5.41, 5.74) is 1.27. The zero-order valence-electron chi connectivity index (χ0n) is 8.70. The molecular weight excluding hydrogens is 195 g/mol. The van der Waals surface area contributed by atoms with Crippen molar-refractivity contribution in [2.24, 2.45) is 0 Å². The highest BCUT2D eigenvalue weighted by atomic mass is 31.1. The first kappa shape index (κ1) is 11.2. The fourth-order valence-electron chi connectivity index (χ4n) is 1.21. The standard InChI is InChI=1S/C11H15O2P/c1-8(2)14-10-7-5-4-6-9(10)11(12)13-3/h4-8,14H,1-3H3. The molecule has 1 atom stereocenters. The second-order valence-corrected chi connectivity index (χ2v) is 5.32. The minimum Gasteiger partial charge on any atom is -0.465 e. The van der Waals surface area contributed by atoms with Crippen molar-refractivity contribution in [3.63, 3.8) is 0 Å². The maximum Gasteiger partial charge on any atom is 0.338 e. The number of esters is 1. The fourth-order valence-corrected chi connectivity index (χ4v) is 2.36. The topological polar surface area (TPSA) is 26.3 Å². The third-order valence-corrected chi connectivity index (χ3v) is 3.10. The molecule has 0 bridgehead atoms. The summed E-state index contributed by atoms with van der Waals surface area (Å²) in [7, 11) is 2.07. The molecule has 14 heavy (non-hydrogen) atoms. The van der Waals surface area contributed by atoms with E-state index in [-0.39, 0.29) is 5.97 Å². The van der Waals surface area contributed by atoms with Crippen molar-refractivity contribution < 1.29 is 9.53 Å². The summed E-state index contributed by atoms with van der Waals surface area (Å²) in [6.45, 7) is 4.29. The molecule has 0 fully saturated rings. The quantitative estimate of drug-likeness (QED) is 0.564. The summed E-state index contributed by atoms with van der Waals surface area (Å²) in [4.78, 5) is 11.4. The molecular formula is C11H15O2P. The van der Waals surface area contributed by atoms with E-state index < -0.39 is 0 Å². The molecule has 0 spiro atoms. The van der Waals surface area contributed by atoms with Gasteiger partial charge in [-0.3, -0.25) is 0 Å². The van der Waals surface area contributed by atoms with Crippen molar-refractivity contribution in [2.45, 2.75) is 19.5 Å². The number of rotatable bonds is 3. The maximum absolute atomic E-state index is 11.4. The molecule has 1 aromatic carbocycles. The Balaban J connectivity index is 2.97. The smallest absolute Gasteiger partial charge is 0.338 e. The van der Waals surface area contributed by atoms with Crippen LogP contribution in [0.1, 0.15) is 24.2 Å². The molecule has 0 saturated carbocycles. The Bertz CT molecular complexity index is 321. The summed E-state index contributed by atoms with van der Waals surface area (Å²) < 4.78 is 4.72. The predicted molar refractivity (Wildman–Crippen MR) is 60.9 cm³/mol. The number of benzene rings is 1. The Kier molecular flexibility index (Phi) is 4.09. The van der Waals surface area contributed by atoms with Crippen molar-refractivity contribution in [3.8, 4) is 0 Å². The molecule has 1 rings (SSSR count). The van der Waals surface area contributed by atoms with Crippen molar-refractivity contribution in [2.75, 3.05) is 7.11 Å². The largest absolute Gasteiger partial charge is 0.465 e. The molecule has 1 aromatic rings. The minimum absolute atomic E-state index is 0.242. The normalized spacial score (nSPS) is 11.1. The van der Waals surface area contributed by atoms with Crippen molar-refractivity contribution >= 4 is 19.9 Å². The van der Waals surface area contributed by atoms with Gasteiger partial charge in [0.1, 0.15) is 0 Å². The molecule has 0 heterocycles. The number of hydrogen-bond acceptors (Lipinski definition) is 2. The van der Waals surface area contributed by atoms with Crippen LogP contribution in [0.5, 0.6) is 0 Å². The van der Waals surface area contributed by atoms with Crippen LogP contribution in [-0.4, -0.2) is 18.7 Å².